The fourth-order valence-electron chi connectivity index (χ4n) is 1.13. The normalized spacial score (nSPS) is 10.6. The molecule has 0 atom stereocenters. The number of nitriles is 1. The van der Waals surface area contributed by atoms with E-state index < -0.39 is 11.7 Å². The average Bonchev–Trinajstić information content (AvgIpc) is 2.34. The molecule has 0 radical (unpaired) electrons. The van der Waals surface area contributed by atoms with Crippen LogP contribution in [0, 0.1) is 11.3 Å². The highest BCUT2D eigenvalue weighted by Crippen LogP contribution is 2.32. The number of aldehydes is 1. The zero-order valence-electron chi connectivity index (χ0n) is 9.12. The van der Waals surface area contributed by atoms with Crippen LogP contribution in [0.1, 0.15) is 15.9 Å². The Morgan fingerprint density at radius 2 is 2.17 bits per heavy atom. The standard InChI is InChI=1S/C12H8F3NO2/c1-8(5-16)7-18-11-4-10(12(13,14)15)3-2-9(11)6-17/h2-4,6H,1,7H2. The van der Waals surface area contributed by atoms with E-state index >= 15 is 0 Å². The SMILES string of the molecule is C=C(C#N)COc1cc(C(F)(F)F)ccc1C=O. The van der Waals surface area contributed by atoms with E-state index in [0.717, 1.165) is 12.1 Å². The molecule has 0 spiro atoms. The molecule has 1 aromatic carbocycles. The Morgan fingerprint density at radius 3 is 2.67 bits per heavy atom. The van der Waals surface area contributed by atoms with Crippen molar-refractivity contribution in [3.8, 4) is 11.8 Å². The smallest absolute Gasteiger partial charge is 0.416 e. The molecule has 0 aliphatic carbocycles. The van der Waals surface area contributed by atoms with Crippen molar-refractivity contribution in [1.29, 1.82) is 5.26 Å². The first kappa shape index (κ1) is 13.8. The molecule has 94 valence electrons. The second-order valence-electron chi connectivity index (χ2n) is 3.37. The molecule has 0 amide bonds. The Morgan fingerprint density at radius 1 is 1.50 bits per heavy atom. The lowest BCUT2D eigenvalue weighted by atomic mass is 10.1. The molecule has 0 aromatic heterocycles. The van der Waals surface area contributed by atoms with Gasteiger partial charge < -0.3 is 4.74 Å². The van der Waals surface area contributed by atoms with Gasteiger partial charge in [0, 0.05) is 0 Å². The maximum atomic E-state index is 12.5. The molecule has 0 aliphatic rings. The Hall–Kier alpha value is -2.29. The minimum absolute atomic E-state index is 0.0197. The van der Waals surface area contributed by atoms with Gasteiger partial charge in [0.2, 0.25) is 0 Å². The highest BCUT2D eigenvalue weighted by atomic mass is 19.4. The van der Waals surface area contributed by atoms with Crippen molar-refractivity contribution in [2.45, 2.75) is 6.18 Å². The van der Waals surface area contributed by atoms with Crippen LogP contribution >= 0.6 is 0 Å². The van der Waals surface area contributed by atoms with Gasteiger partial charge in [-0.1, -0.05) is 6.58 Å². The van der Waals surface area contributed by atoms with Gasteiger partial charge in [0.05, 0.1) is 22.8 Å². The maximum absolute atomic E-state index is 12.5. The average molecular weight is 255 g/mol. The monoisotopic (exact) mass is 255 g/mol. The third-order valence-electron chi connectivity index (χ3n) is 2.03. The summed E-state index contributed by atoms with van der Waals surface area (Å²) in [5.74, 6) is -0.226. The van der Waals surface area contributed by atoms with Crippen LogP contribution in [0.15, 0.2) is 30.4 Å². The van der Waals surface area contributed by atoms with Crippen LogP contribution < -0.4 is 4.74 Å². The van der Waals surface area contributed by atoms with Crippen LogP contribution in [-0.4, -0.2) is 12.9 Å². The van der Waals surface area contributed by atoms with Crippen molar-refractivity contribution < 1.29 is 22.7 Å². The van der Waals surface area contributed by atoms with E-state index in [-0.39, 0.29) is 23.5 Å². The molecule has 0 fully saturated rings. The zero-order chi connectivity index (χ0) is 13.8. The van der Waals surface area contributed by atoms with Crippen molar-refractivity contribution >= 4 is 6.29 Å². The largest absolute Gasteiger partial charge is 0.487 e. The molecule has 0 unspecified atom stereocenters. The quantitative estimate of drug-likeness (QED) is 0.613. The summed E-state index contributed by atoms with van der Waals surface area (Å²) in [5.41, 5.74) is -0.899. The third-order valence-corrected chi connectivity index (χ3v) is 2.03. The summed E-state index contributed by atoms with van der Waals surface area (Å²) < 4.78 is 42.3. The first-order valence-electron chi connectivity index (χ1n) is 4.75. The molecular formula is C12H8F3NO2. The highest BCUT2D eigenvalue weighted by Gasteiger charge is 2.31. The number of ether oxygens (including phenoxy) is 1. The summed E-state index contributed by atoms with van der Waals surface area (Å²) in [7, 11) is 0. The number of hydrogen-bond acceptors (Lipinski definition) is 3. The first-order valence-corrected chi connectivity index (χ1v) is 4.75. The van der Waals surface area contributed by atoms with Gasteiger partial charge in [-0.05, 0) is 18.2 Å². The van der Waals surface area contributed by atoms with E-state index in [9.17, 15) is 18.0 Å². The number of carbonyl (C=O) groups is 1. The number of carbonyl (C=O) groups excluding carboxylic acids is 1. The number of nitrogens with zero attached hydrogens (tertiary/aromatic N) is 1. The Kier molecular flexibility index (Phi) is 4.10. The highest BCUT2D eigenvalue weighted by molar-refractivity contribution is 5.79. The van der Waals surface area contributed by atoms with Crippen LogP contribution in [0.2, 0.25) is 0 Å². The fourth-order valence-corrected chi connectivity index (χ4v) is 1.13. The summed E-state index contributed by atoms with van der Waals surface area (Å²) >= 11 is 0. The Labute approximate surface area is 101 Å². The number of rotatable bonds is 4. The van der Waals surface area contributed by atoms with Gasteiger partial charge in [-0.15, -0.1) is 0 Å². The molecule has 1 aromatic rings. The summed E-state index contributed by atoms with van der Waals surface area (Å²) in [6, 6.07) is 4.21. The van der Waals surface area contributed by atoms with Crippen LogP contribution in [0.25, 0.3) is 0 Å². The molecule has 0 aliphatic heterocycles. The first-order chi connectivity index (χ1) is 8.38. The molecule has 6 heteroatoms. The van der Waals surface area contributed by atoms with E-state index in [2.05, 4.69) is 6.58 Å². The molecule has 18 heavy (non-hydrogen) atoms. The molecule has 0 N–H and O–H groups in total. The third kappa shape index (κ3) is 3.35. The fraction of sp³-hybridized carbons (Fsp3) is 0.167. The van der Waals surface area contributed by atoms with Crippen LogP contribution in [-0.2, 0) is 6.18 Å². The van der Waals surface area contributed by atoms with Gasteiger partial charge in [-0.2, -0.15) is 18.4 Å². The van der Waals surface area contributed by atoms with Gasteiger partial charge in [-0.3, -0.25) is 4.79 Å². The molecule has 0 heterocycles. The van der Waals surface area contributed by atoms with E-state index in [1.54, 1.807) is 6.07 Å². The van der Waals surface area contributed by atoms with Crippen molar-refractivity contribution in [2.75, 3.05) is 6.61 Å². The van der Waals surface area contributed by atoms with Crippen molar-refractivity contribution in [3.63, 3.8) is 0 Å². The summed E-state index contributed by atoms with van der Waals surface area (Å²) in [5, 5.41) is 8.44. The molecular weight excluding hydrogens is 247 g/mol. The van der Waals surface area contributed by atoms with E-state index in [1.807, 2.05) is 0 Å². The van der Waals surface area contributed by atoms with Crippen LogP contribution in [0.5, 0.6) is 5.75 Å². The molecule has 0 bridgehead atoms. The molecule has 0 saturated heterocycles. The molecule has 0 saturated carbocycles. The minimum atomic E-state index is -4.52. The van der Waals surface area contributed by atoms with Crippen LogP contribution in [0.3, 0.4) is 0 Å². The Bertz CT molecular complexity index is 515. The zero-order valence-corrected chi connectivity index (χ0v) is 9.12. The van der Waals surface area contributed by atoms with E-state index in [0.29, 0.717) is 12.4 Å². The van der Waals surface area contributed by atoms with Gasteiger partial charge in [-0.25, -0.2) is 0 Å². The van der Waals surface area contributed by atoms with E-state index in [4.69, 9.17) is 10.00 Å². The lowest BCUT2D eigenvalue weighted by Gasteiger charge is -2.11. The predicted octanol–water partition coefficient (Wildman–Crippen LogP) is 2.98. The summed E-state index contributed by atoms with van der Waals surface area (Å²) in [6.07, 6.45) is -4.14. The topological polar surface area (TPSA) is 50.1 Å². The molecule has 1 rings (SSSR count). The summed E-state index contributed by atoms with van der Waals surface area (Å²) in [4.78, 5) is 10.7. The lowest BCUT2D eigenvalue weighted by molar-refractivity contribution is -0.137. The lowest BCUT2D eigenvalue weighted by Crippen LogP contribution is -2.07. The van der Waals surface area contributed by atoms with Crippen molar-refractivity contribution in [3.05, 3.63) is 41.5 Å². The van der Waals surface area contributed by atoms with Crippen molar-refractivity contribution in [1.82, 2.24) is 0 Å². The van der Waals surface area contributed by atoms with Gasteiger partial charge in [0.15, 0.2) is 6.29 Å². The number of benzene rings is 1. The second-order valence-corrected chi connectivity index (χ2v) is 3.37. The number of alkyl halides is 3. The summed E-state index contributed by atoms with van der Waals surface area (Å²) in [6.45, 7) is 3.05. The predicted molar refractivity (Wildman–Crippen MR) is 57.1 cm³/mol. The van der Waals surface area contributed by atoms with E-state index in [1.165, 1.54) is 0 Å². The van der Waals surface area contributed by atoms with Gasteiger partial charge in [0.25, 0.3) is 0 Å². The maximum Gasteiger partial charge on any atom is 0.416 e. The van der Waals surface area contributed by atoms with Gasteiger partial charge >= 0.3 is 6.18 Å². The second kappa shape index (κ2) is 5.36. The number of halogens is 3. The van der Waals surface area contributed by atoms with Crippen LogP contribution in [0.4, 0.5) is 13.2 Å². The minimum Gasteiger partial charge on any atom is -0.487 e. The molecule has 3 nitrogen and oxygen atoms in total. The van der Waals surface area contributed by atoms with Gasteiger partial charge in [0.1, 0.15) is 12.4 Å². The van der Waals surface area contributed by atoms with Crippen molar-refractivity contribution in [2.24, 2.45) is 0 Å². The number of hydrogen-bond donors (Lipinski definition) is 0. The Balaban J connectivity index is 3.04.